The van der Waals surface area contributed by atoms with Crippen LogP contribution in [0.15, 0.2) is 18.3 Å². The van der Waals surface area contributed by atoms with Crippen molar-refractivity contribution in [3.63, 3.8) is 0 Å². The number of hydrogen-bond acceptors (Lipinski definition) is 4. The standard InChI is InChI=1S/C15H20N4/c16-11-13-5-6-15(17-12-13)19-9-7-18(8-10-19)14-3-1-2-4-14/h5-6,12,14H,1-4,7-10H2. The zero-order valence-corrected chi connectivity index (χ0v) is 11.3. The van der Waals surface area contributed by atoms with Gasteiger partial charge in [-0.2, -0.15) is 5.26 Å². The monoisotopic (exact) mass is 256 g/mol. The molecule has 4 nitrogen and oxygen atoms in total. The van der Waals surface area contributed by atoms with Gasteiger partial charge in [0.25, 0.3) is 0 Å². The maximum Gasteiger partial charge on any atom is 0.128 e. The van der Waals surface area contributed by atoms with E-state index in [1.54, 1.807) is 6.20 Å². The third-order valence-electron chi connectivity index (χ3n) is 4.36. The maximum absolute atomic E-state index is 8.78. The van der Waals surface area contributed by atoms with E-state index in [9.17, 15) is 0 Å². The van der Waals surface area contributed by atoms with Crippen molar-refractivity contribution in [2.24, 2.45) is 0 Å². The average Bonchev–Trinajstić information content (AvgIpc) is 3.02. The smallest absolute Gasteiger partial charge is 0.128 e. The molecule has 0 radical (unpaired) electrons. The van der Waals surface area contributed by atoms with Crippen LogP contribution in [0.5, 0.6) is 0 Å². The predicted molar refractivity (Wildman–Crippen MR) is 75.0 cm³/mol. The first kappa shape index (κ1) is 12.4. The summed E-state index contributed by atoms with van der Waals surface area (Å²) in [7, 11) is 0. The molecule has 4 heteroatoms. The molecule has 0 aromatic carbocycles. The topological polar surface area (TPSA) is 43.2 Å². The highest BCUT2D eigenvalue weighted by molar-refractivity contribution is 5.42. The van der Waals surface area contributed by atoms with E-state index >= 15 is 0 Å². The minimum absolute atomic E-state index is 0.633. The van der Waals surface area contributed by atoms with Gasteiger partial charge >= 0.3 is 0 Å². The van der Waals surface area contributed by atoms with E-state index in [0.717, 1.165) is 38.0 Å². The molecule has 1 saturated carbocycles. The fourth-order valence-electron chi connectivity index (χ4n) is 3.22. The SMILES string of the molecule is N#Cc1ccc(N2CCN(C3CCCC3)CC2)nc1. The number of rotatable bonds is 2. The molecule has 1 aromatic rings. The Bertz CT molecular complexity index is 448. The molecule has 2 heterocycles. The lowest BCUT2D eigenvalue weighted by Crippen LogP contribution is -2.49. The van der Waals surface area contributed by atoms with Crippen LogP contribution in [0.4, 0.5) is 5.82 Å². The maximum atomic E-state index is 8.78. The van der Waals surface area contributed by atoms with Crippen molar-refractivity contribution in [1.29, 1.82) is 5.26 Å². The predicted octanol–water partition coefficient (Wildman–Crippen LogP) is 2.02. The van der Waals surface area contributed by atoms with Gasteiger partial charge in [0.15, 0.2) is 0 Å². The fraction of sp³-hybridized carbons (Fsp3) is 0.600. The molecule has 0 unspecified atom stereocenters. The minimum Gasteiger partial charge on any atom is -0.354 e. The number of aromatic nitrogens is 1. The Balaban J connectivity index is 1.58. The molecule has 100 valence electrons. The number of piperazine rings is 1. The molecule has 1 aromatic heterocycles. The summed E-state index contributed by atoms with van der Waals surface area (Å²) in [5, 5.41) is 8.78. The summed E-state index contributed by atoms with van der Waals surface area (Å²) in [4.78, 5) is 9.35. The molecule has 0 spiro atoms. The van der Waals surface area contributed by atoms with Crippen LogP contribution in [0.3, 0.4) is 0 Å². The normalized spacial score (nSPS) is 21.5. The first-order valence-corrected chi connectivity index (χ1v) is 7.22. The lowest BCUT2D eigenvalue weighted by atomic mass is 10.2. The number of anilines is 1. The highest BCUT2D eigenvalue weighted by Crippen LogP contribution is 2.25. The lowest BCUT2D eigenvalue weighted by molar-refractivity contribution is 0.187. The van der Waals surface area contributed by atoms with Crippen molar-refractivity contribution >= 4 is 5.82 Å². The van der Waals surface area contributed by atoms with Gasteiger partial charge in [-0.05, 0) is 25.0 Å². The molecule has 0 amide bonds. The van der Waals surface area contributed by atoms with Gasteiger partial charge in [-0.3, -0.25) is 4.90 Å². The Morgan fingerprint density at radius 1 is 1.11 bits per heavy atom. The van der Waals surface area contributed by atoms with Crippen molar-refractivity contribution in [3.8, 4) is 6.07 Å². The molecule has 2 fully saturated rings. The second-order valence-corrected chi connectivity index (χ2v) is 5.48. The Morgan fingerprint density at radius 3 is 2.42 bits per heavy atom. The van der Waals surface area contributed by atoms with Crippen molar-refractivity contribution in [3.05, 3.63) is 23.9 Å². The molecule has 3 rings (SSSR count). The van der Waals surface area contributed by atoms with Crippen LogP contribution < -0.4 is 4.90 Å². The molecule has 0 bridgehead atoms. The number of pyridine rings is 1. The van der Waals surface area contributed by atoms with Gasteiger partial charge < -0.3 is 4.90 Å². The van der Waals surface area contributed by atoms with Crippen LogP contribution in [-0.2, 0) is 0 Å². The van der Waals surface area contributed by atoms with Gasteiger partial charge in [-0.15, -0.1) is 0 Å². The third kappa shape index (κ3) is 2.71. The molecule has 2 aliphatic rings. The van der Waals surface area contributed by atoms with E-state index in [1.807, 2.05) is 12.1 Å². The lowest BCUT2D eigenvalue weighted by Gasteiger charge is -2.38. The van der Waals surface area contributed by atoms with Gasteiger partial charge in [0.2, 0.25) is 0 Å². The number of nitriles is 1. The van der Waals surface area contributed by atoms with E-state index in [-0.39, 0.29) is 0 Å². The van der Waals surface area contributed by atoms with Gasteiger partial charge in [-0.1, -0.05) is 12.8 Å². The number of hydrogen-bond donors (Lipinski definition) is 0. The quantitative estimate of drug-likeness (QED) is 0.812. The van der Waals surface area contributed by atoms with E-state index in [0.29, 0.717) is 5.56 Å². The van der Waals surface area contributed by atoms with Gasteiger partial charge in [0.1, 0.15) is 11.9 Å². The molecular formula is C15H20N4. The van der Waals surface area contributed by atoms with Crippen LogP contribution in [0.1, 0.15) is 31.2 Å². The summed E-state index contributed by atoms with van der Waals surface area (Å²) in [5.74, 6) is 1.00. The minimum atomic E-state index is 0.633. The summed E-state index contributed by atoms with van der Waals surface area (Å²) >= 11 is 0. The van der Waals surface area contributed by atoms with Crippen LogP contribution in [-0.4, -0.2) is 42.1 Å². The molecule has 1 aliphatic heterocycles. The highest BCUT2D eigenvalue weighted by Gasteiger charge is 2.26. The zero-order chi connectivity index (χ0) is 13.1. The van der Waals surface area contributed by atoms with Crippen LogP contribution in [0.25, 0.3) is 0 Å². The second-order valence-electron chi connectivity index (χ2n) is 5.48. The summed E-state index contributed by atoms with van der Waals surface area (Å²) < 4.78 is 0. The molecule has 0 N–H and O–H groups in total. The molecule has 0 atom stereocenters. The molecular weight excluding hydrogens is 236 g/mol. The van der Waals surface area contributed by atoms with Crippen LogP contribution in [0, 0.1) is 11.3 Å². The van der Waals surface area contributed by atoms with Crippen LogP contribution >= 0.6 is 0 Å². The Morgan fingerprint density at radius 2 is 1.84 bits per heavy atom. The highest BCUT2D eigenvalue weighted by atomic mass is 15.3. The molecule has 19 heavy (non-hydrogen) atoms. The van der Waals surface area contributed by atoms with Crippen molar-refractivity contribution in [1.82, 2.24) is 9.88 Å². The van der Waals surface area contributed by atoms with E-state index in [4.69, 9.17) is 5.26 Å². The van der Waals surface area contributed by atoms with Gasteiger partial charge in [-0.25, -0.2) is 4.98 Å². The Hall–Kier alpha value is -1.60. The molecule has 1 saturated heterocycles. The zero-order valence-electron chi connectivity index (χ0n) is 11.3. The summed E-state index contributed by atoms with van der Waals surface area (Å²) in [5.41, 5.74) is 0.633. The summed E-state index contributed by atoms with van der Waals surface area (Å²) in [6.45, 7) is 4.39. The summed E-state index contributed by atoms with van der Waals surface area (Å²) in [6.07, 6.45) is 7.24. The first-order valence-electron chi connectivity index (χ1n) is 7.22. The van der Waals surface area contributed by atoms with E-state index in [1.165, 1.54) is 25.7 Å². The fourth-order valence-corrected chi connectivity index (χ4v) is 3.22. The molecule has 1 aliphatic carbocycles. The van der Waals surface area contributed by atoms with Crippen LogP contribution in [0.2, 0.25) is 0 Å². The Kier molecular flexibility index (Phi) is 3.65. The Labute approximate surface area is 114 Å². The van der Waals surface area contributed by atoms with Gasteiger partial charge in [0, 0.05) is 38.4 Å². The van der Waals surface area contributed by atoms with Gasteiger partial charge in [0.05, 0.1) is 5.56 Å². The second kappa shape index (κ2) is 5.58. The van der Waals surface area contributed by atoms with E-state index in [2.05, 4.69) is 20.9 Å². The largest absolute Gasteiger partial charge is 0.354 e. The average molecular weight is 256 g/mol. The van der Waals surface area contributed by atoms with Crippen molar-refractivity contribution in [2.45, 2.75) is 31.7 Å². The van der Waals surface area contributed by atoms with E-state index < -0.39 is 0 Å². The third-order valence-corrected chi connectivity index (χ3v) is 4.36. The first-order chi connectivity index (χ1) is 9.36. The summed E-state index contributed by atoms with van der Waals surface area (Å²) in [6, 6.07) is 6.76. The number of nitrogens with zero attached hydrogens (tertiary/aromatic N) is 4. The van der Waals surface area contributed by atoms with Crippen molar-refractivity contribution in [2.75, 3.05) is 31.1 Å². The van der Waals surface area contributed by atoms with Crippen molar-refractivity contribution < 1.29 is 0 Å².